The number of fused-ring (bicyclic) bond motifs is 1. The highest BCUT2D eigenvalue weighted by atomic mass is 17.0. The highest BCUT2D eigenvalue weighted by Crippen LogP contribution is 2.45. The summed E-state index contributed by atoms with van der Waals surface area (Å²) in [5.41, 5.74) is -2.43. The molecule has 13 heteroatoms. The first-order valence-electron chi connectivity index (χ1n) is 7.47. The number of aliphatic hydroxyl groups excluding tert-OH is 4. The second-order valence-corrected chi connectivity index (χ2v) is 6.32. The fourth-order valence-corrected chi connectivity index (χ4v) is 3.45. The lowest BCUT2D eigenvalue weighted by Crippen LogP contribution is -2.76. The number of hydrogen-bond acceptors (Lipinski definition) is 12. The Morgan fingerprint density at radius 2 is 1.84 bits per heavy atom. The summed E-state index contributed by atoms with van der Waals surface area (Å²) in [4.78, 5) is 14.4. The van der Waals surface area contributed by atoms with Crippen molar-refractivity contribution in [1.29, 1.82) is 0 Å². The molecule has 0 aromatic carbocycles. The highest BCUT2D eigenvalue weighted by molar-refractivity contribution is 5.15. The van der Waals surface area contributed by atoms with Gasteiger partial charge in [-0.05, 0) is 0 Å². The molecule has 0 radical (unpaired) electrons. The Hall–Kier alpha value is -1.16. The van der Waals surface area contributed by atoms with E-state index in [1.807, 2.05) is 0 Å². The Bertz CT molecular complexity index is 534. The van der Waals surface area contributed by atoms with Crippen molar-refractivity contribution in [2.75, 3.05) is 19.8 Å². The summed E-state index contributed by atoms with van der Waals surface area (Å²) in [6, 6.07) is 0. The molecule has 3 aliphatic rings. The van der Waals surface area contributed by atoms with Crippen molar-refractivity contribution in [3.8, 4) is 0 Å². The first kappa shape index (κ1) is 18.6. The van der Waals surface area contributed by atoms with Gasteiger partial charge in [0, 0.05) is 0 Å². The molecule has 25 heavy (non-hydrogen) atoms. The molecule has 3 aliphatic heterocycles. The summed E-state index contributed by atoms with van der Waals surface area (Å²) in [6.45, 7) is -1.71. The van der Waals surface area contributed by atoms with Crippen LogP contribution in [0.5, 0.6) is 0 Å². The fourth-order valence-electron chi connectivity index (χ4n) is 3.45. The Morgan fingerprint density at radius 3 is 2.48 bits per heavy atom. The van der Waals surface area contributed by atoms with Crippen LogP contribution in [0, 0.1) is 10.1 Å². The monoisotopic (exact) mass is 369 g/mol. The Morgan fingerprint density at radius 1 is 1.16 bits per heavy atom. The first-order valence-corrected chi connectivity index (χ1v) is 7.47. The topological polar surface area (TPSA) is 201 Å². The molecule has 0 amide bonds. The van der Waals surface area contributed by atoms with E-state index in [-0.39, 0.29) is 6.61 Å². The molecule has 0 aliphatic carbocycles. The lowest BCUT2D eigenvalue weighted by atomic mass is 9.78. The van der Waals surface area contributed by atoms with Crippen LogP contribution in [0.15, 0.2) is 0 Å². The van der Waals surface area contributed by atoms with Gasteiger partial charge >= 0.3 is 0 Å². The molecular formula is C12H19NO12. The third-order valence-electron chi connectivity index (χ3n) is 4.84. The predicted octanol–water partition coefficient (Wildman–Crippen LogP) is -4.75. The number of nitrogens with zero attached hydrogens (tertiary/aromatic N) is 1. The molecule has 3 saturated heterocycles. The predicted molar refractivity (Wildman–Crippen MR) is 71.2 cm³/mol. The van der Waals surface area contributed by atoms with Crippen LogP contribution in [-0.2, 0) is 19.0 Å². The number of rotatable bonds is 4. The van der Waals surface area contributed by atoms with Crippen LogP contribution in [0.2, 0.25) is 0 Å². The fraction of sp³-hybridized carbons (Fsp3) is 1.00. The maximum Gasteiger partial charge on any atom is 0.294 e. The van der Waals surface area contributed by atoms with E-state index in [2.05, 4.69) is 4.84 Å². The first-order chi connectivity index (χ1) is 11.6. The van der Waals surface area contributed by atoms with E-state index in [0.717, 1.165) is 0 Å². The van der Waals surface area contributed by atoms with E-state index in [1.165, 1.54) is 0 Å². The summed E-state index contributed by atoms with van der Waals surface area (Å²) in [7, 11) is 0. The van der Waals surface area contributed by atoms with Crippen molar-refractivity contribution in [2.45, 2.75) is 54.1 Å². The number of aliphatic hydroxyl groups is 6. The van der Waals surface area contributed by atoms with Gasteiger partial charge in [-0.1, -0.05) is 0 Å². The molecule has 9 atom stereocenters. The van der Waals surface area contributed by atoms with Crippen molar-refractivity contribution >= 4 is 0 Å². The van der Waals surface area contributed by atoms with Gasteiger partial charge < -0.3 is 49.7 Å². The van der Waals surface area contributed by atoms with E-state index in [0.29, 0.717) is 0 Å². The van der Waals surface area contributed by atoms with Gasteiger partial charge in [0.1, 0.15) is 49.3 Å². The quantitative estimate of drug-likeness (QED) is 0.204. The molecule has 144 valence electrons. The van der Waals surface area contributed by atoms with Crippen LogP contribution in [0.25, 0.3) is 0 Å². The van der Waals surface area contributed by atoms with Crippen LogP contribution in [-0.4, -0.2) is 110 Å². The minimum Gasteiger partial charge on any atom is -0.388 e. The van der Waals surface area contributed by atoms with Crippen molar-refractivity contribution < 1.29 is 54.8 Å². The summed E-state index contributed by atoms with van der Waals surface area (Å²) >= 11 is 0. The molecule has 13 nitrogen and oxygen atoms in total. The van der Waals surface area contributed by atoms with Gasteiger partial charge in [-0.25, -0.2) is 0 Å². The smallest absolute Gasteiger partial charge is 0.294 e. The summed E-state index contributed by atoms with van der Waals surface area (Å²) < 4.78 is 15.5. The summed E-state index contributed by atoms with van der Waals surface area (Å²) in [5.74, 6) is -2.92. The van der Waals surface area contributed by atoms with Crippen LogP contribution in [0.4, 0.5) is 0 Å². The molecule has 0 saturated carbocycles. The van der Waals surface area contributed by atoms with Gasteiger partial charge in [-0.3, -0.25) is 0 Å². The molecule has 3 fully saturated rings. The Kier molecular flexibility index (Phi) is 4.64. The number of hydrogen-bond donors (Lipinski definition) is 6. The van der Waals surface area contributed by atoms with E-state index in [1.54, 1.807) is 0 Å². The van der Waals surface area contributed by atoms with Gasteiger partial charge in [-0.15, -0.1) is 10.1 Å². The van der Waals surface area contributed by atoms with Crippen LogP contribution in [0.3, 0.4) is 0 Å². The normalized spacial score (nSPS) is 52.8. The zero-order valence-electron chi connectivity index (χ0n) is 12.7. The van der Waals surface area contributed by atoms with Crippen molar-refractivity contribution in [2.24, 2.45) is 0 Å². The zero-order chi connectivity index (χ0) is 18.6. The second-order valence-electron chi connectivity index (χ2n) is 6.32. The van der Waals surface area contributed by atoms with Gasteiger partial charge in [0.2, 0.25) is 5.79 Å². The Labute approximate surface area is 140 Å². The lowest BCUT2D eigenvalue weighted by molar-refractivity contribution is -0.760. The molecule has 6 N–H and O–H groups in total. The van der Waals surface area contributed by atoms with Gasteiger partial charge in [0.25, 0.3) is 5.09 Å². The van der Waals surface area contributed by atoms with Crippen molar-refractivity contribution in [3.63, 3.8) is 0 Å². The average Bonchev–Trinajstić information content (AvgIpc) is 3.10. The molecule has 0 aromatic heterocycles. The summed E-state index contributed by atoms with van der Waals surface area (Å²) in [6.07, 6.45) is -11.1. The highest BCUT2D eigenvalue weighted by Gasteiger charge is 2.71. The third kappa shape index (κ3) is 2.68. The molecule has 3 rings (SSSR count). The van der Waals surface area contributed by atoms with Crippen LogP contribution in [0.1, 0.15) is 0 Å². The van der Waals surface area contributed by atoms with Gasteiger partial charge in [0.05, 0.1) is 13.2 Å². The molecule has 3 heterocycles. The van der Waals surface area contributed by atoms with Crippen LogP contribution >= 0.6 is 0 Å². The van der Waals surface area contributed by atoms with E-state index in [4.69, 9.17) is 14.2 Å². The van der Waals surface area contributed by atoms with Gasteiger partial charge in [0.15, 0.2) is 5.60 Å². The zero-order valence-corrected chi connectivity index (χ0v) is 12.7. The molecular weight excluding hydrogens is 350 g/mol. The van der Waals surface area contributed by atoms with Crippen molar-refractivity contribution in [1.82, 2.24) is 0 Å². The van der Waals surface area contributed by atoms with E-state index >= 15 is 0 Å². The Balaban J connectivity index is 1.88. The minimum absolute atomic E-state index is 0.205. The largest absolute Gasteiger partial charge is 0.388 e. The molecule has 0 spiro atoms. The minimum atomic E-state index is -2.92. The van der Waals surface area contributed by atoms with Gasteiger partial charge in [-0.2, -0.15) is 0 Å². The van der Waals surface area contributed by atoms with Crippen molar-refractivity contribution in [3.05, 3.63) is 10.1 Å². The summed E-state index contributed by atoms with van der Waals surface area (Å²) in [5, 5.41) is 70.6. The molecule has 0 bridgehead atoms. The number of ether oxygens (including phenoxy) is 3. The third-order valence-corrected chi connectivity index (χ3v) is 4.84. The molecule has 0 aromatic rings. The van der Waals surface area contributed by atoms with Crippen LogP contribution < -0.4 is 0 Å². The molecule has 1 unspecified atom stereocenters. The standard InChI is InChI=1S/C12H19NO12/c14-4-1-22-10-8(4)23-3-11(10,18)12(19)9(17)7(16)6(15)5(25-12)2-24-13(20)21/h4-10,14-19H,1-3H2/t4-,5-,6-,7+,8-,9-,10+,11-,12?/m1/s1. The average molecular weight is 369 g/mol. The van der Waals surface area contributed by atoms with E-state index < -0.39 is 72.4 Å². The second kappa shape index (κ2) is 6.22. The van der Waals surface area contributed by atoms with E-state index in [9.17, 15) is 40.8 Å². The lowest BCUT2D eigenvalue weighted by Gasteiger charge is -2.51. The SMILES string of the molecule is O=[N+]([O-])OC[C@H]1OC(O)([C@@]2(O)CO[C@@H]3[C@H](O)CO[C@@H]32)[C@H](O)[C@@H](O)[C@@H]1O. The maximum atomic E-state index is 10.9. The maximum absolute atomic E-state index is 10.9.